The van der Waals surface area contributed by atoms with Crippen molar-refractivity contribution in [1.29, 1.82) is 0 Å². The Balaban J connectivity index is 1.75. The molecule has 5 rings (SSSR count). The van der Waals surface area contributed by atoms with Crippen LogP contribution in [0.15, 0.2) is 83.9 Å². The Morgan fingerprint density at radius 2 is 1.53 bits per heavy atom. The molecule has 0 spiro atoms. The Labute approximate surface area is 176 Å². The number of hydrogen-bond acceptors (Lipinski definition) is 6. The SMILES string of the molecule is O=C1C2=CC=CC(c3ccc(O)cc3)(c3ccc(O)cc3)C2C(=O)N1c1nccs1. The molecule has 2 aromatic carbocycles. The summed E-state index contributed by atoms with van der Waals surface area (Å²) in [5.74, 6) is -1.33. The van der Waals surface area contributed by atoms with E-state index in [1.54, 1.807) is 72.3 Å². The molecule has 1 fully saturated rings. The number of aromatic hydroxyl groups is 2. The van der Waals surface area contributed by atoms with Gasteiger partial charge in [0.1, 0.15) is 11.5 Å². The first kappa shape index (κ1) is 18.3. The highest BCUT2D eigenvalue weighted by molar-refractivity contribution is 7.14. The maximum Gasteiger partial charge on any atom is 0.263 e. The number of aromatic nitrogens is 1. The molecule has 2 N–H and O–H groups in total. The van der Waals surface area contributed by atoms with E-state index < -0.39 is 11.3 Å². The largest absolute Gasteiger partial charge is 0.508 e. The summed E-state index contributed by atoms with van der Waals surface area (Å²) in [6, 6.07) is 13.2. The van der Waals surface area contributed by atoms with E-state index in [4.69, 9.17) is 0 Å². The highest BCUT2D eigenvalue weighted by Gasteiger charge is 2.56. The van der Waals surface area contributed by atoms with E-state index in [0.717, 1.165) is 16.0 Å². The zero-order chi connectivity index (χ0) is 20.9. The third-order valence-corrected chi connectivity index (χ3v) is 6.38. The number of phenolic OH excluding ortho intramolecular Hbond substituents is 2. The van der Waals surface area contributed by atoms with Crippen LogP contribution in [-0.2, 0) is 15.0 Å². The summed E-state index contributed by atoms with van der Waals surface area (Å²) in [7, 11) is 0. The molecule has 148 valence electrons. The van der Waals surface area contributed by atoms with Crippen LogP contribution in [0, 0.1) is 5.92 Å². The van der Waals surface area contributed by atoms with E-state index in [9.17, 15) is 19.8 Å². The van der Waals surface area contributed by atoms with Crippen LogP contribution in [0.3, 0.4) is 0 Å². The van der Waals surface area contributed by atoms with Crippen molar-refractivity contribution < 1.29 is 19.8 Å². The summed E-state index contributed by atoms with van der Waals surface area (Å²) in [4.78, 5) is 32.1. The molecule has 1 aliphatic heterocycles. The molecule has 0 bridgehead atoms. The lowest BCUT2D eigenvalue weighted by Gasteiger charge is -2.38. The van der Waals surface area contributed by atoms with Gasteiger partial charge in [-0.2, -0.15) is 0 Å². The number of anilines is 1. The summed E-state index contributed by atoms with van der Waals surface area (Å²) >= 11 is 1.23. The van der Waals surface area contributed by atoms with Crippen molar-refractivity contribution in [2.75, 3.05) is 4.90 Å². The smallest absolute Gasteiger partial charge is 0.263 e. The van der Waals surface area contributed by atoms with Crippen molar-refractivity contribution in [3.8, 4) is 11.5 Å². The van der Waals surface area contributed by atoms with E-state index in [-0.39, 0.29) is 23.3 Å². The number of fused-ring (bicyclic) bond motifs is 1. The molecule has 6 nitrogen and oxygen atoms in total. The second kappa shape index (κ2) is 6.67. The minimum atomic E-state index is -0.982. The number of benzene rings is 2. The zero-order valence-corrected chi connectivity index (χ0v) is 16.4. The van der Waals surface area contributed by atoms with Gasteiger partial charge in [0.15, 0.2) is 5.13 Å². The number of rotatable bonds is 3. The topological polar surface area (TPSA) is 90.7 Å². The summed E-state index contributed by atoms with van der Waals surface area (Å²) < 4.78 is 0. The number of carbonyl (C=O) groups excluding carboxylic acids is 2. The molecular weight excluding hydrogens is 400 g/mol. The number of amides is 2. The minimum absolute atomic E-state index is 0.105. The van der Waals surface area contributed by atoms with Crippen LogP contribution >= 0.6 is 11.3 Å². The van der Waals surface area contributed by atoms with Crippen molar-refractivity contribution in [3.63, 3.8) is 0 Å². The van der Waals surface area contributed by atoms with E-state index >= 15 is 0 Å². The Morgan fingerprint density at radius 1 is 0.933 bits per heavy atom. The molecule has 1 saturated heterocycles. The Bertz CT molecular complexity index is 1150. The van der Waals surface area contributed by atoms with Crippen molar-refractivity contribution in [1.82, 2.24) is 4.98 Å². The second-order valence-corrected chi connectivity index (χ2v) is 8.04. The fourth-order valence-corrected chi connectivity index (χ4v) is 4.94. The molecule has 3 aromatic rings. The summed E-state index contributed by atoms with van der Waals surface area (Å²) in [5, 5.41) is 21.7. The van der Waals surface area contributed by atoms with Crippen LogP contribution in [0.4, 0.5) is 5.13 Å². The average Bonchev–Trinajstić information content (AvgIpc) is 3.36. The minimum Gasteiger partial charge on any atom is -0.508 e. The van der Waals surface area contributed by atoms with Crippen molar-refractivity contribution in [2.45, 2.75) is 5.41 Å². The van der Waals surface area contributed by atoms with Gasteiger partial charge in [0.2, 0.25) is 5.91 Å². The van der Waals surface area contributed by atoms with Gasteiger partial charge in [-0.3, -0.25) is 9.59 Å². The average molecular weight is 416 g/mol. The van der Waals surface area contributed by atoms with Gasteiger partial charge in [-0.15, -0.1) is 11.3 Å². The monoisotopic (exact) mass is 416 g/mol. The summed E-state index contributed by atoms with van der Waals surface area (Å²) in [5.41, 5.74) is 0.906. The fraction of sp³-hybridized carbons (Fsp3) is 0.0870. The van der Waals surface area contributed by atoms with Crippen LogP contribution in [-0.4, -0.2) is 27.0 Å². The highest BCUT2D eigenvalue weighted by atomic mass is 32.1. The van der Waals surface area contributed by atoms with Crippen LogP contribution in [0.2, 0.25) is 0 Å². The summed E-state index contributed by atoms with van der Waals surface area (Å²) in [6.07, 6.45) is 6.92. The Kier molecular flexibility index (Phi) is 4.08. The lowest BCUT2D eigenvalue weighted by molar-refractivity contribution is -0.122. The number of hydrogen-bond donors (Lipinski definition) is 2. The lowest BCUT2D eigenvalue weighted by Crippen LogP contribution is -2.41. The molecular formula is C23H16N2O4S. The van der Waals surface area contributed by atoms with Crippen molar-refractivity contribution in [3.05, 3.63) is 95.0 Å². The van der Waals surface area contributed by atoms with Crippen LogP contribution in [0.1, 0.15) is 11.1 Å². The maximum atomic E-state index is 13.6. The first-order valence-electron chi connectivity index (χ1n) is 9.28. The number of phenols is 2. The molecule has 1 aliphatic carbocycles. The first-order valence-corrected chi connectivity index (χ1v) is 10.2. The van der Waals surface area contributed by atoms with E-state index in [1.165, 1.54) is 11.3 Å². The van der Waals surface area contributed by atoms with E-state index in [1.807, 2.05) is 6.08 Å². The molecule has 2 amide bonds. The standard InChI is InChI=1S/C23H16N2O4S/c26-16-7-3-14(4-8-16)23(15-5-9-17(27)10-6-15)11-1-2-18-19(23)21(29)25(20(18)28)22-24-12-13-30-22/h1-13,19,26-27H. The number of thiazole rings is 1. The summed E-state index contributed by atoms with van der Waals surface area (Å²) in [6.45, 7) is 0. The van der Waals surface area contributed by atoms with Crippen LogP contribution in [0.5, 0.6) is 11.5 Å². The normalized spacial score (nSPS) is 19.7. The number of imide groups is 1. The quantitative estimate of drug-likeness (QED) is 0.638. The third kappa shape index (κ3) is 2.52. The van der Waals surface area contributed by atoms with Gasteiger partial charge in [-0.25, -0.2) is 9.88 Å². The van der Waals surface area contributed by atoms with Gasteiger partial charge < -0.3 is 10.2 Å². The second-order valence-electron chi connectivity index (χ2n) is 7.17. The molecule has 0 radical (unpaired) electrons. The predicted molar refractivity (Wildman–Crippen MR) is 112 cm³/mol. The molecule has 30 heavy (non-hydrogen) atoms. The fourth-order valence-electron chi connectivity index (χ4n) is 4.30. The third-order valence-electron chi connectivity index (χ3n) is 5.62. The molecule has 7 heteroatoms. The lowest BCUT2D eigenvalue weighted by atomic mass is 9.62. The molecule has 2 aliphatic rings. The Hall–Kier alpha value is -3.71. The van der Waals surface area contributed by atoms with Crippen LogP contribution in [0.25, 0.3) is 0 Å². The van der Waals surface area contributed by atoms with Crippen molar-refractivity contribution >= 4 is 28.3 Å². The van der Waals surface area contributed by atoms with Crippen molar-refractivity contribution in [2.24, 2.45) is 5.92 Å². The predicted octanol–water partition coefficient (Wildman–Crippen LogP) is 3.53. The molecule has 1 atom stereocenters. The van der Waals surface area contributed by atoms with Gasteiger partial charge in [0, 0.05) is 17.2 Å². The van der Waals surface area contributed by atoms with Gasteiger partial charge >= 0.3 is 0 Å². The van der Waals surface area contributed by atoms with Gasteiger partial charge in [0.05, 0.1) is 11.3 Å². The number of allylic oxidation sites excluding steroid dienone is 3. The molecule has 2 heterocycles. The first-order chi connectivity index (χ1) is 14.5. The number of carbonyl (C=O) groups is 2. The zero-order valence-electron chi connectivity index (χ0n) is 15.6. The highest BCUT2D eigenvalue weighted by Crippen LogP contribution is 2.51. The van der Waals surface area contributed by atoms with Crippen LogP contribution < -0.4 is 4.90 Å². The van der Waals surface area contributed by atoms with E-state index in [2.05, 4.69) is 4.98 Å². The van der Waals surface area contributed by atoms with Gasteiger partial charge in [0.25, 0.3) is 5.91 Å². The molecule has 1 aromatic heterocycles. The van der Waals surface area contributed by atoms with Gasteiger partial charge in [-0.05, 0) is 35.4 Å². The maximum absolute atomic E-state index is 13.6. The molecule has 0 saturated carbocycles. The Morgan fingerprint density at radius 3 is 2.07 bits per heavy atom. The van der Waals surface area contributed by atoms with Gasteiger partial charge in [-0.1, -0.05) is 42.5 Å². The van der Waals surface area contributed by atoms with E-state index in [0.29, 0.717) is 10.7 Å². The number of nitrogens with zero attached hydrogens (tertiary/aromatic N) is 2. The molecule has 1 unspecified atom stereocenters.